The fourth-order valence-electron chi connectivity index (χ4n) is 1.21. The summed E-state index contributed by atoms with van der Waals surface area (Å²) in [6.07, 6.45) is 3.13. The zero-order valence-electron chi connectivity index (χ0n) is 8.76. The van der Waals surface area contributed by atoms with Gasteiger partial charge in [-0.05, 0) is 25.7 Å². The monoisotopic (exact) mass is 184 g/mol. The van der Waals surface area contributed by atoms with Gasteiger partial charge in [-0.25, -0.2) is 0 Å². The highest BCUT2D eigenvalue weighted by Crippen LogP contribution is 2.34. The van der Waals surface area contributed by atoms with Crippen LogP contribution in [0.1, 0.15) is 40.0 Å². The van der Waals surface area contributed by atoms with Crippen LogP contribution in [0.4, 0.5) is 0 Å². The van der Waals surface area contributed by atoms with E-state index in [0.717, 1.165) is 19.3 Å². The zero-order valence-corrected chi connectivity index (χ0v) is 8.76. The largest absolute Gasteiger partial charge is 0.350 e. The van der Waals surface area contributed by atoms with Crippen LogP contribution in [0.2, 0.25) is 0 Å². The Balaban J connectivity index is 2.38. The van der Waals surface area contributed by atoms with Gasteiger partial charge in [-0.2, -0.15) is 0 Å². The second-order valence-corrected chi connectivity index (χ2v) is 4.46. The van der Waals surface area contributed by atoms with Crippen LogP contribution in [0, 0.1) is 5.92 Å². The summed E-state index contributed by atoms with van der Waals surface area (Å²) in [4.78, 5) is 11.6. The SMILES string of the molecule is CCC(C)C(N)C(=O)NC1(C)CC1. The lowest BCUT2D eigenvalue weighted by molar-refractivity contribution is -0.124. The Morgan fingerprint density at radius 2 is 2.15 bits per heavy atom. The fourth-order valence-corrected chi connectivity index (χ4v) is 1.21. The van der Waals surface area contributed by atoms with E-state index >= 15 is 0 Å². The minimum atomic E-state index is -0.345. The molecular formula is C10H20N2O. The minimum absolute atomic E-state index is 0.00866. The van der Waals surface area contributed by atoms with E-state index < -0.39 is 0 Å². The lowest BCUT2D eigenvalue weighted by Crippen LogP contribution is -2.48. The molecule has 3 nitrogen and oxygen atoms in total. The van der Waals surface area contributed by atoms with Gasteiger partial charge in [0, 0.05) is 5.54 Å². The van der Waals surface area contributed by atoms with E-state index in [1.807, 2.05) is 6.92 Å². The van der Waals surface area contributed by atoms with Crippen LogP contribution < -0.4 is 11.1 Å². The van der Waals surface area contributed by atoms with Gasteiger partial charge in [0.2, 0.25) is 5.91 Å². The smallest absolute Gasteiger partial charge is 0.237 e. The van der Waals surface area contributed by atoms with Gasteiger partial charge < -0.3 is 11.1 Å². The number of hydrogen-bond donors (Lipinski definition) is 2. The second-order valence-electron chi connectivity index (χ2n) is 4.46. The Bertz CT molecular complexity index is 199. The Morgan fingerprint density at radius 1 is 1.62 bits per heavy atom. The summed E-state index contributed by atoms with van der Waals surface area (Å²) >= 11 is 0. The molecule has 1 rings (SSSR count). The molecule has 13 heavy (non-hydrogen) atoms. The van der Waals surface area contributed by atoms with Crippen molar-refractivity contribution in [3.8, 4) is 0 Å². The quantitative estimate of drug-likeness (QED) is 0.685. The molecule has 0 aliphatic heterocycles. The van der Waals surface area contributed by atoms with E-state index in [0.29, 0.717) is 0 Å². The molecule has 2 unspecified atom stereocenters. The molecule has 3 heteroatoms. The number of carbonyl (C=O) groups excluding carboxylic acids is 1. The van der Waals surface area contributed by atoms with Crippen molar-refractivity contribution in [2.45, 2.75) is 51.6 Å². The van der Waals surface area contributed by atoms with Crippen LogP contribution in [0.3, 0.4) is 0 Å². The minimum Gasteiger partial charge on any atom is -0.350 e. The van der Waals surface area contributed by atoms with Gasteiger partial charge in [-0.3, -0.25) is 4.79 Å². The molecule has 76 valence electrons. The van der Waals surface area contributed by atoms with Crippen molar-refractivity contribution in [2.24, 2.45) is 11.7 Å². The van der Waals surface area contributed by atoms with E-state index in [4.69, 9.17) is 5.73 Å². The molecule has 0 radical (unpaired) electrons. The predicted octanol–water partition coefficient (Wildman–Crippen LogP) is 1.03. The van der Waals surface area contributed by atoms with Gasteiger partial charge in [0.05, 0.1) is 6.04 Å². The van der Waals surface area contributed by atoms with Gasteiger partial charge in [0.15, 0.2) is 0 Å². The van der Waals surface area contributed by atoms with Crippen molar-refractivity contribution >= 4 is 5.91 Å². The number of carbonyl (C=O) groups is 1. The van der Waals surface area contributed by atoms with E-state index in [2.05, 4.69) is 19.2 Å². The maximum atomic E-state index is 11.6. The molecule has 0 aromatic carbocycles. The van der Waals surface area contributed by atoms with Crippen LogP contribution in [-0.4, -0.2) is 17.5 Å². The van der Waals surface area contributed by atoms with Crippen molar-refractivity contribution in [2.75, 3.05) is 0 Å². The molecular weight excluding hydrogens is 164 g/mol. The molecule has 3 N–H and O–H groups in total. The molecule has 0 aromatic rings. The average Bonchev–Trinajstić information content (AvgIpc) is 2.80. The Hall–Kier alpha value is -0.570. The highest BCUT2D eigenvalue weighted by atomic mass is 16.2. The van der Waals surface area contributed by atoms with Gasteiger partial charge in [0.25, 0.3) is 0 Å². The predicted molar refractivity (Wildman–Crippen MR) is 53.2 cm³/mol. The van der Waals surface area contributed by atoms with E-state index in [1.54, 1.807) is 0 Å². The molecule has 0 saturated heterocycles. The van der Waals surface area contributed by atoms with Crippen LogP contribution in [0.15, 0.2) is 0 Å². The topological polar surface area (TPSA) is 55.1 Å². The number of nitrogens with one attached hydrogen (secondary N) is 1. The van der Waals surface area contributed by atoms with Crippen molar-refractivity contribution in [1.29, 1.82) is 0 Å². The molecule has 1 fully saturated rings. The molecule has 0 heterocycles. The lowest BCUT2D eigenvalue weighted by Gasteiger charge is -2.20. The molecule has 1 aliphatic rings. The van der Waals surface area contributed by atoms with Gasteiger partial charge in [-0.1, -0.05) is 20.3 Å². The second kappa shape index (κ2) is 3.66. The third-order valence-electron chi connectivity index (χ3n) is 2.98. The summed E-state index contributed by atoms with van der Waals surface area (Å²) in [5.41, 5.74) is 5.85. The standard InChI is InChI=1S/C10H20N2O/c1-4-7(2)8(11)9(13)12-10(3)5-6-10/h7-8H,4-6,11H2,1-3H3,(H,12,13). The van der Waals surface area contributed by atoms with Crippen LogP contribution in [0.25, 0.3) is 0 Å². The van der Waals surface area contributed by atoms with Crippen molar-refractivity contribution < 1.29 is 4.79 Å². The molecule has 1 saturated carbocycles. The van der Waals surface area contributed by atoms with Gasteiger partial charge >= 0.3 is 0 Å². The maximum absolute atomic E-state index is 11.6. The first-order valence-corrected chi connectivity index (χ1v) is 5.06. The molecule has 1 amide bonds. The lowest BCUT2D eigenvalue weighted by atomic mass is 9.99. The van der Waals surface area contributed by atoms with Crippen LogP contribution in [0.5, 0.6) is 0 Å². The number of amides is 1. The van der Waals surface area contributed by atoms with Crippen molar-refractivity contribution in [3.63, 3.8) is 0 Å². The highest BCUT2D eigenvalue weighted by Gasteiger charge is 2.39. The normalized spacial score (nSPS) is 23.4. The summed E-state index contributed by atoms with van der Waals surface area (Å²) in [7, 11) is 0. The Kier molecular flexibility index (Phi) is 2.96. The average molecular weight is 184 g/mol. The van der Waals surface area contributed by atoms with Crippen LogP contribution >= 0.6 is 0 Å². The first kappa shape index (κ1) is 10.5. The summed E-state index contributed by atoms with van der Waals surface area (Å²) in [6.45, 7) is 6.13. The van der Waals surface area contributed by atoms with E-state index in [-0.39, 0.29) is 23.4 Å². The van der Waals surface area contributed by atoms with Gasteiger partial charge in [0.1, 0.15) is 0 Å². The van der Waals surface area contributed by atoms with E-state index in [1.165, 1.54) is 0 Å². The summed E-state index contributed by atoms with van der Waals surface area (Å²) < 4.78 is 0. The summed E-state index contributed by atoms with van der Waals surface area (Å²) in [6, 6.07) is -0.345. The van der Waals surface area contributed by atoms with Gasteiger partial charge in [-0.15, -0.1) is 0 Å². The third-order valence-corrected chi connectivity index (χ3v) is 2.98. The van der Waals surface area contributed by atoms with E-state index in [9.17, 15) is 4.79 Å². The van der Waals surface area contributed by atoms with Crippen molar-refractivity contribution in [1.82, 2.24) is 5.32 Å². The fraction of sp³-hybridized carbons (Fsp3) is 0.900. The summed E-state index contributed by atoms with van der Waals surface area (Å²) in [5, 5.41) is 2.98. The molecule has 0 aromatic heterocycles. The first-order chi connectivity index (χ1) is 5.98. The van der Waals surface area contributed by atoms with Crippen LogP contribution in [-0.2, 0) is 4.79 Å². The number of nitrogens with two attached hydrogens (primary N) is 1. The number of rotatable bonds is 4. The summed E-state index contributed by atoms with van der Waals surface area (Å²) in [5.74, 6) is 0.275. The first-order valence-electron chi connectivity index (χ1n) is 5.06. The highest BCUT2D eigenvalue weighted by molar-refractivity contribution is 5.82. The molecule has 1 aliphatic carbocycles. The third kappa shape index (κ3) is 2.69. The Morgan fingerprint density at radius 3 is 2.54 bits per heavy atom. The maximum Gasteiger partial charge on any atom is 0.237 e. The molecule has 0 bridgehead atoms. The van der Waals surface area contributed by atoms with Crippen molar-refractivity contribution in [3.05, 3.63) is 0 Å². The molecule has 0 spiro atoms. The molecule has 2 atom stereocenters. The zero-order chi connectivity index (χ0) is 10.1. The Labute approximate surface area is 80.1 Å². The number of hydrogen-bond acceptors (Lipinski definition) is 2.